The molecule has 2 aromatic rings. The average molecular weight is 198 g/mol. The van der Waals surface area contributed by atoms with Crippen molar-refractivity contribution in [2.45, 2.75) is 0 Å². The minimum atomic E-state index is 0.822. The molecule has 50 valence electrons. The van der Waals surface area contributed by atoms with Crippen LogP contribution in [0.1, 0.15) is 0 Å². The Morgan fingerprint density at radius 3 is 3.30 bits per heavy atom. The van der Waals surface area contributed by atoms with Crippen molar-refractivity contribution >= 4 is 26.9 Å². The van der Waals surface area contributed by atoms with Crippen LogP contribution in [0.25, 0.3) is 11.0 Å². The molecule has 0 amide bonds. The highest BCUT2D eigenvalue weighted by molar-refractivity contribution is 9.10. The molecule has 0 aliphatic carbocycles. The fourth-order valence-corrected chi connectivity index (χ4v) is 1.19. The molecule has 0 atom stereocenters. The summed E-state index contributed by atoms with van der Waals surface area (Å²) in [5.41, 5.74) is 0.822. The molecule has 3 heteroatoms. The molecule has 0 saturated carbocycles. The van der Waals surface area contributed by atoms with Crippen molar-refractivity contribution in [2.24, 2.45) is 0 Å². The van der Waals surface area contributed by atoms with Crippen LogP contribution in [0.5, 0.6) is 0 Å². The van der Waals surface area contributed by atoms with Crippen molar-refractivity contribution in [1.82, 2.24) is 4.98 Å². The summed E-state index contributed by atoms with van der Waals surface area (Å²) in [4.78, 5) is 4.00. The van der Waals surface area contributed by atoms with Crippen LogP contribution in [0, 0.1) is 0 Å². The van der Waals surface area contributed by atoms with E-state index < -0.39 is 0 Å². The summed E-state index contributed by atoms with van der Waals surface area (Å²) >= 11 is 3.26. The largest absolute Gasteiger partial charge is 0.463 e. The zero-order valence-corrected chi connectivity index (χ0v) is 6.63. The molecule has 0 N–H and O–H groups in total. The monoisotopic (exact) mass is 197 g/mol. The standard InChI is InChI=1S/C7H4BrNO/c8-7-3-5-1-2-10-6(5)4-9-7/h1-4H. The number of pyridine rings is 1. The molecule has 0 fully saturated rings. The van der Waals surface area contributed by atoms with Crippen molar-refractivity contribution in [3.8, 4) is 0 Å². The third-order valence-electron chi connectivity index (χ3n) is 1.31. The third kappa shape index (κ3) is 0.827. The van der Waals surface area contributed by atoms with E-state index >= 15 is 0 Å². The molecule has 0 spiro atoms. The van der Waals surface area contributed by atoms with Crippen LogP contribution in [0.3, 0.4) is 0 Å². The number of hydrogen-bond donors (Lipinski definition) is 0. The first-order chi connectivity index (χ1) is 4.86. The Hall–Kier alpha value is -0.830. The molecular formula is C7H4BrNO. The number of furan rings is 1. The quantitative estimate of drug-likeness (QED) is 0.608. The van der Waals surface area contributed by atoms with Crippen LogP contribution in [-0.2, 0) is 0 Å². The topological polar surface area (TPSA) is 26.0 Å². The second kappa shape index (κ2) is 2.09. The van der Waals surface area contributed by atoms with Crippen LogP contribution >= 0.6 is 15.9 Å². The van der Waals surface area contributed by atoms with E-state index in [9.17, 15) is 0 Å². The minimum Gasteiger partial charge on any atom is -0.463 e. The molecule has 0 unspecified atom stereocenters. The van der Waals surface area contributed by atoms with Gasteiger partial charge < -0.3 is 4.42 Å². The molecule has 10 heavy (non-hydrogen) atoms. The fourth-order valence-electron chi connectivity index (χ4n) is 0.841. The molecule has 2 rings (SSSR count). The summed E-state index contributed by atoms with van der Waals surface area (Å²) in [6, 6.07) is 3.82. The minimum absolute atomic E-state index is 0.822. The van der Waals surface area contributed by atoms with Crippen molar-refractivity contribution in [3.05, 3.63) is 29.2 Å². The summed E-state index contributed by atoms with van der Waals surface area (Å²) in [5.74, 6) is 0. The predicted octanol–water partition coefficient (Wildman–Crippen LogP) is 2.59. The smallest absolute Gasteiger partial charge is 0.152 e. The molecule has 0 bridgehead atoms. The highest BCUT2D eigenvalue weighted by Crippen LogP contribution is 2.17. The Bertz CT molecular complexity index is 355. The van der Waals surface area contributed by atoms with Gasteiger partial charge in [-0.1, -0.05) is 0 Å². The highest BCUT2D eigenvalue weighted by atomic mass is 79.9. The van der Waals surface area contributed by atoms with E-state index in [-0.39, 0.29) is 0 Å². The molecule has 0 aromatic carbocycles. The van der Waals surface area contributed by atoms with Crippen LogP contribution < -0.4 is 0 Å². The molecule has 2 aromatic heterocycles. The van der Waals surface area contributed by atoms with E-state index in [1.807, 2.05) is 12.1 Å². The first-order valence-corrected chi connectivity index (χ1v) is 3.64. The average Bonchev–Trinajstić information content (AvgIpc) is 2.33. The second-order valence-corrected chi connectivity index (χ2v) is 2.78. The van der Waals surface area contributed by atoms with Crippen molar-refractivity contribution in [3.63, 3.8) is 0 Å². The van der Waals surface area contributed by atoms with Gasteiger partial charge in [-0.2, -0.15) is 0 Å². The highest BCUT2D eigenvalue weighted by Gasteiger charge is 1.95. The number of halogens is 1. The first kappa shape index (κ1) is 5.92. The number of rotatable bonds is 0. The van der Waals surface area contributed by atoms with Crippen molar-refractivity contribution < 1.29 is 4.42 Å². The molecular weight excluding hydrogens is 194 g/mol. The lowest BCUT2D eigenvalue weighted by Crippen LogP contribution is -1.71. The maximum atomic E-state index is 5.09. The van der Waals surface area contributed by atoms with Crippen LogP contribution in [0.2, 0.25) is 0 Å². The Morgan fingerprint density at radius 2 is 2.40 bits per heavy atom. The van der Waals surface area contributed by atoms with Gasteiger partial charge in [-0.25, -0.2) is 4.98 Å². The summed E-state index contributed by atoms with van der Waals surface area (Å²) in [7, 11) is 0. The van der Waals surface area contributed by atoms with Gasteiger partial charge in [-0.3, -0.25) is 0 Å². The predicted molar refractivity (Wildman–Crippen MR) is 41.7 cm³/mol. The maximum absolute atomic E-state index is 5.09. The zero-order chi connectivity index (χ0) is 6.97. The first-order valence-electron chi connectivity index (χ1n) is 2.85. The van der Waals surface area contributed by atoms with Gasteiger partial charge in [0.2, 0.25) is 0 Å². The van der Waals surface area contributed by atoms with E-state index in [2.05, 4.69) is 20.9 Å². The summed E-state index contributed by atoms with van der Waals surface area (Å²) in [6.45, 7) is 0. The summed E-state index contributed by atoms with van der Waals surface area (Å²) < 4.78 is 5.92. The van der Waals surface area contributed by atoms with Gasteiger partial charge in [-0.05, 0) is 28.1 Å². The second-order valence-electron chi connectivity index (χ2n) is 1.97. The van der Waals surface area contributed by atoms with Gasteiger partial charge in [0.05, 0.1) is 12.5 Å². The Balaban J connectivity index is 2.86. The Labute approximate surface area is 66.0 Å². The van der Waals surface area contributed by atoms with Gasteiger partial charge in [0, 0.05) is 5.39 Å². The van der Waals surface area contributed by atoms with Crippen LogP contribution in [0.15, 0.2) is 33.6 Å². The SMILES string of the molecule is Brc1cc2ccoc2cn1. The van der Waals surface area contributed by atoms with Crippen LogP contribution in [-0.4, -0.2) is 4.98 Å². The summed E-state index contributed by atoms with van der Waals surface area (Å²) in [6.07, 6.45) is 3.35. The molecule has 0 radical (unpaired) electrons. The van der Waals surface area contributed by atoms with Crippen molar-refractivity contribution in [1.29, 1.82) is 0 Å². The zero-order valence-electron chi connectivity index (χ0n) is 5.04. The maximum Gasteiger partial charge on any atom is 0.152 e. The van der Waals surface area contributed by atoms with Gasteiger partial charge in [-0.15, -0.1) is 0 Å². The Morgan fingerprint density at radius 1 is 1.50 bits per heavy atom. The molecule has 2 nitrogen and oxygen atoms in total. The number of nitrogens with zero attached hydrogens (tertiary/aromatic N) is 1. The lowest BCUT2D eigenvalue weighted by atomic mass is 10.3. The third-order valence-corrected chi connectivity index (χ3v) is 1.74. The van der Waals surface area contributed by atoms with E-state index in [0.717, 1.165) is 15.6 Å². The lowest BCUT2D eigenvalue weighted by molar-refractivity contribution is 0.614. The number of fused-ring (bicyclic) bond motifs is 1. The van der Waals surface area contributed by atoms with Crippen molar-refractivity contribution in [2.75, 3.05) is 0 Å². The molecule has 0 aliphatic rings. The molecule has 0 saturated heterocycles. The normalized spacial score (nSPS) is 10.5. The van der Waals surface area contributed by atoms with Gasteiger partial charge in [0.25, 0.3) is 0 Å². The number of aromatic nitrogens is 1. The van der Waals surface area contributed by atoms with E-state index in [1.54, 1.807) is 12.5 Å². The van der Waals surface area contributed by atoms with E-state index in [1.165, 1.54) is 0 Å². The van der Waals surface area contributed by atoms with E-state index in [0.29, 0.717) is 0 Å². The fraction of sp³-hybridized carbons (Fsp3) is 0. The van der Waals surface area contributed by atoms with E-state index in [4.69, 9.17) is 4.42 Å². The molecule has 0 aliphatic heterocycles. The van der Waals surface area contributed by atoms with Gasteiger partial charge in [0.15, 0.2) is 5.58 Å². The number of hydrogen-bond acceptors (Lipinski definition) is 2. The van der Waals surface area contributed by atoms with Gasteiger partial charge in [0.1, 0.15) is 4.60 Å². The lowest BCUT2D eigenvalue weighted by Gasteiger charge is -1.86. The molecule has 2 heterocycles. The van der Waals surface area contributed by atoms with Crippen LogP contribution in [0.4, 0.5) is 0 Å². The van der Waals surface area contributed by atoms with Gasteiger partial charge >= 0.3 is 0 Å². The Kier molecular flexibility index (Phi) is 1.24. The summed E-state index contributed by atoms with van der Waals surface area (Å²) in [5, 5.41) is 1.07.